The molecule has 2 saturated heterocycles. The molecular weight excluding hydrogens is 554 g/mol. The van der Waals surface area contributed by atoms with Crippen molar-refractivity contribution >= 4 is 51.0 Å². The number of imide groups is 1. The van der Waals surface area contributed by atoms with Crippen molar-refractivity contribution in [2.24, 2.45) is 11.8 Å². The number of Topliss-reactive ketones (excluding diaryl/α,β-unsaturated/α-hetero) is 2. The Morgan fingerprint density at radius 3 is 2.11 bits per heavy atom. The summed E-state index contributed by atoms with van der Waals surface area (Å²) in [6.45, 7) is 1.89. The summed E-state index contributed by atoms with van der Waals surface area (Å²) < 4.78 is 11.9. The summed E-state index contributed by atoms with van der Waals surface area (Å²) in [4.78, 5) is 68.6. The molecule has 9 heteroatoms. The van der Waals surface area contributed by atoms with E-state index in [-0.39, 0.29) is 29.0 Å². The minimum absolute atomic E-state index is 0.168. The third-order valence-corrected chi connectivity index (χ3v) is 8.09. The second-order valence-corrected chi connectivity index (χ2v) is 10.1. The Bertz CT molecular complexity index is 1510. The molecule has 3 aromatic rings. The van der Waals surface area contributed by atoms with Crippen LogP contribution < -0.4 is 4.90 Å². The third-order valence-electron chi connectivity index (χ3n) is 7.37. The molecule has 3 aliphatic rings. The van der Waals surface area contributed by atoms with Gasteiger partial charge in [-0.25, -0.2) is 9.69 Å². The number of anilines is 1. The zero-order chi connectivity index (χ0) is 26.8. The molecule has 1 spiro atoms. The molecule has 3 atom stereocenters. The standard InChI is InChI=1S/C29H20BrNO7/c1-2-37-28(36)15-11-13-16(14-12-15)31-26(34)21-22(27(31)35)29(38-23(21)19-9-5-6-10-20(19)30)24(32)17-7-3-4-8-18(17)25(29)33/h3-14,21-23H,2H2,1H3/t21-,22+,23-/m0/s1. The number of nitrogens with zero attached hydrogens (tertiary/aromatic N) is 1. The normalized spacial score (nSPS) is 23.2. The second kappa shape index (κ2) is 8.82. The molecule has 8 nitrogen and oxygen atoms in total. The molecule has 0 N–H and O–H groups in total. The highest BCUT2D eigenvalue weighted by molar-refractivity contribution is 9.10. The van der Waals surface area contributed by atoms with Crippen LogP contribution in [0.4, 0.5) is 5.69 Å². The molecule has 1 aliphatic carbocycles. The average molecular weight is 574 g/mol. The van der Waals surface area contributed by atoms with Crippen LogP contribution in [0.25, 0.3) is 0 Å². The van der Waals surface area contributed by atoms with Crippen LogP contribution in [0.1, 0.15) is 49.7 Å². The lowest BCUT2D eigenvalue weighted by Crippen LogP contribution is -2.51. The van der Waals surface area contributed by atoms with Crippen molar-refractivity contribution in [3.8, 4) is 0 Å². The van der Waals surface area contributed by atoms with Crippen molar-refractivity contribution in [1.29, 1.82) is 0 Å². The molecule has 2 heterocycles. The van der Waals surface area contributed by atoms with Crippen molar-refractivity contribution in [3.63, 3.8) is 0 Å². The summed E-state index contributed by atoms with van der Waals surface area (Å²) >= 11 is 3.48. The summed E-state index contributed by atoms with van der Waals surface area (Å²) in [5.74, 6) is -5.54. The van der Waals surface area contributed by atoms with E-state index in [2.05, 4.69) is 15.9 Å². The summed E-state index contributed by atoms with van der Waals surface area (Å²) in [6, 6.07) is 19.2. The van der Waals surface area contributed by atoms with Gasteiger partial charge in [0.2, 0.25) is 29.0 Å². The van der Waals surface area contributed by atoms with E-state index in [4.69, 9.17) is 9.47 Å². The molecule has 2 aliphatic heterocycles. The van der Waals surface area contributed by atoms with Gasteiger partial charge in [0, 0.05) is 15.6 Å². The summed E-state index contributed by atoms with van der Waals surface area (Å²) in [5, 5.41) is 0. The van der Waals surface area contributed by atoms with E-state index in [0.29, 0.717) is 10.0 Å². The van der Waals surface area contributed by atoms with Crippen molar-refractivity contribution < 1.29 is 33.4 Å². The molecule has 0 unspecified atom stereocenters. The van der Waals surface area contributed by atoms with E-state index in [1.165, 1.54) is 36.4 Å². The van der Waals surface area contributed by atoms with Crippen LogP contribution in [0.15, 0.2) is 77.3 Å². The molecule has 0 bridgehead atoms. The highest BCUT2D eigenvalue weighted by Gasteiger charge is 2.74. The molecular formula is C29H20BrNO7. The number of carbonyl (C=O) groups excluding carboxylic acids is 5. The fourth-order valence-electron chi connectivity index (χ4n) is 5.72. The number of ketones is 2. The third kappa shape index (κ3) is 3.21. The first-order chi connectivity index (χ1) is 18.3. The van der Waals surface area contributed by atoms with Gasteiger partial charge in [-0.2, -0.15) is 0 Å². The van der Waals surface area contributed by atoms with Gasteiger partial charge in [0.15, 0.2) is 0 Å². The second-order valence-electron chi connectivity index (χ2n) is 9.28. The minimum atomic E-state index is -2.15. The van der Waals surface area contributed by atoms with Crippen LogP contribution >= 0.6 is 15.9 Å². The highest BCUT2D eigenvalue weighted by atomic mass is 79.9. The Kier molecular flexibility index (Phi) is 5.66. The maximum absolute atomic E-state index is 14.0. The molecule has 0 saturated carbocycles. The summed E-state index contributed by atoms with van der Waals surface area (Å²) in [6.07, 6.45) is -1.03. The lowest BCUT2D eigenvalue weighted by molar-refractivity contribution is -0.127. The Morgan fingerprint density at radius 1 is 0.895 bits per heavy atom. The van der Waals surface area contributed by atoms with E-state index in [9.17, 15) is 24.0 Å². The van der Waals surface area contributed by atoms with Crippen molar-refractivity contribution in [3.05, 3.63) is 99.5 Å². The molecule has 6 rings (SSSR count). The molecule has 3 aromatic carbocycles. The van der Waals surface area contributed by atoms with E-state index >= 15 is 0 Å². The Morgan fingerprint density at radius 2 is 1.50 bits per heavy atom. The van der Waals surface area contributed by atoms with Crippen molar-refractivity contribution in [2.45, 2.75) is 18.6 Å². The molecule has 2 amide bonds. The molecule has 0 radical (unpaired) electrons. The fraction of sp³-hybridized carbons (Fsp3) is 0.207. The van der Waals surface area contributed by atoms with Crippen LogP contribution in [0.2, 0.25) is 0 Å². The van der Waals surface area contributed by atoms with E-state index < -0.39 is 52.9 Å². The van der Waals surface area contributed by atoms with Gasteiger partial charge in [-0.15, -0.1) is 0 Å². The van der Waals surface area contributed by atoms with Gasteiger partial charge in [-0.05, 0) is 42.8 Å². The van der Waals surface area contributed by atoms with E-state index in [0.717, 1.165) is 4.90 Å². The number of benzene rings is 3. The monoisotopic (exact) mass is 573 g/mol. The van der Waals surface area contributed by atoms with Crippen LogP contribution in [-0.2, 0) is 19.1 Å². The Balaban J connectivity index is 1.48. The first-order valence-electron chi connectivity index (χ1n) is 12.1. The van der Waals surface area contributed by atoms with Crippen molar-refractivity contribution in [2.75, 3.05) is 11.5 Å². The van der Waals surface area contributed by atoms with Crippen LogP contribution in [0.3, 0.4) is 0 Å². The van der Waals surface area contributed by atoms with Crippen molar-refractivity contribution in [1.82, 2.24) is 0 Å². The van der Waals surface area contributed by atoms with Gasteiger partial charge in [0.25, 0.3) is 0 Å². The number of esters is 1. The molecule has 0 aromatic heterocycles. The number of hydrogen-bond donors (Lipinski definition) is 0. The van der Waals surface area contributed by atoms with Gasteiger partial charge in [-0.1, -0.05) is 58.4 Å². The topological polar surface area (TPSA) is 107 Å². The molecule has 2 fully saturated rings. The van der Waals surface area contributed by atoms with E-state index in [1.807, 2.05) is 0 Å². The number of halogens is 1. The number of ether oxygens (including phenoxy) is 2. The summed E-state index contributed by atoms with van der Waals surface area (Å²) in [5.41, 5.74) is -0.781. The molecule has 190 valence electrons. The maximum atomic E-state index is 14.0. The first kappa shape index (κ1) is 24.4. The number of fused-ring (bicyclic) bond motifs is 3. The predicted octanol–water partition coefficient (Wildman–Crippen LogP) is 4.32. The number of carbonyl (C=O) groups is 5. The largest absolute Gasteiger partial charge is 0.462 e. The first-order valence-corrected chi connectivity index (χ1v) is 12.9. The summed E-state index contributed by atoms with van der Waals surface area (Å²) in [7, 11) is 0. The van der Waals surface area contributed by atoms with Crippen LogP contribution in [0.5, 0.6) is 0 Å². The van der Waals surface area contributed by atoms with Gasteiger partial charge in [-0.3, -0.25) is 19.2 Å². The van der Waals surface area contributed by atoms with Gasteiger partial charge in [0.1, 0.15) is 0 Å². The number of hydrogen-bond acceptors (Lipinski definition) is 7. The SMILES string of the molecule is CCOC(=O)c1ccc(N2C(=O)[C@@H]3[C@H](c4ccccc4Br)OC4(C(=O)c5ccccc5C4=O)[C@H]3C2=O)cc1. The van der Waals surface area contributed by atoms with Gasteiger partial charge < -0.3 is 9.47 Å². The predicted molar refractivity (Wildman–Crippen MR) is 138 cm³/mol. The highest BCUT2D eigenvalue weighted by Crippen LogP contribution is 2.58. The quantitative estimate of drug-likeness (QED) is 0.260. The van der Waals surface area contributed by atoms with Crippen LogP contribution in [-0.4, -0.2) is 41.6 Å². The zero-order valence-corrected chi connectivity index (χ0v) is 21.6. The zero-order valence-electron chi connectivity index (χ0n) is 20.1. The van der Waals surface area contributed by atoms with Gasteiger partial charge in [0.05, 0.1) is 35.8 Å². The minimum Gasteiger partial charge on any atom is -0.462 e. The lowest BCUT2D eigenvalue weighted by Gasteiger charge is -2.27. The number of rotatable bonds is 4. The average Bonchev–Trinajstić information content (AvgIpc) is 3.49. The Labute approximate surface area is 225 Å². The van der Waals surface area contributed by atoms with Gasteiger partial charge >= 0.3 is 5.97 Å². The smallest absolute Gasteiger partial charge is 0.338 e. The maximum Gasteiger partial charge on any atom is 0.338 e. The Hall–Kier alpha value is -3.95. The lowest BCUT2D eigenvalue weighted by atomic mass is 9.77. The fourth-order valence-corrected chi connectivity index (χ4v) is 6.23. The van der Waals surface area contributed by atoms with Crippen LogP contribution in [0, 0.1) is 11.8 Å². The van der Waals surface area contributed by atoms with E-state index in [1.54, 1.807) is 43.3 Å². The molecule has 38 heavy (non-hydrogen) atoms. The number of amides is 2.